The molecule has 0 bridgehead atoms. The maximum absolute atomic E-state index is 11.0. The molecular formula is C7H5IO2. The summed E-state index contributed by atoms with van der Waals surface area (Å²) in [6.45, 7) is 1.64. The largest absolute Gasteiger partial charge is 0.290 e. The third-order valence-corrected chi connectivity index (χ3v) is 2.00. The van der Waals surface area contributed by atoms with E-state index in [9.17, 15) is 9.59 Å². The monoisotopic (exact) mass is 248 g/mol. The van der Waals surface area contributed by atoms with Crippen LogP contribution in [-0.2, 0) is 9.59 Å². The molecule has 0 amide bonds. The van der Waals surface area contributed by atoms with E-state index in [0.29, 0.717) is 9.15 Å². The van der Waals surface area contributed by atoms with Gasteiger partial charge in [0.15, 0.2) is 11.6 Å². The van der Waals surface area contributed by atoms with Crippen molar-refractivity contribution >= 4 is 34.2 Å². The van der Waals surface area contributed by atoms with Gasteiger partial charge in [0.1, 0.15) is 0 Å². The highest BCUT2D eigenvalue weighted by molar-refractivity contribution is 14.1. The lowest BCUT2D eigenvalue weighted by Crippen LogP contribution is -2.08. The molecule has 0 saturated carbocycles. The highest BCUT2D eigenvalue weighted by Gasteiger charge is 2.15. The molecule has 1 aliphatic rings. The predicted octanol–water partition coefficient (Wildman–Crippen LogP) is 1.40. The van der Waals surface area contributed by atoms with E-state index in [1.165, 1.54) is 12.2 Å². The average Bonchev–Trinajstić information content (AvgIpc) is 1.82. The average molecular weight is 248 g/mol. The maximum atomic E-state index is 11.0. The first kappa shape index (κ1) is 7.65. The summed E-state index contributed by atoms with van der Waals surface area (Å²) in [7, 11) is 0. The minimum Gasteiger partial charge on any atom is -0.290 e. The Hall–Kier alpha value is -0.450. The molecule has 0 aromatic heterocycles. The summed E-state index contributed by atoms with van der Waals surface area (Å²) < 4.78 is 0.502. The molecule has 0 N–H and O–H groups in total. The molecule has 0 radical (unpaired) electrons. The lowest BCUT2D eigenvalue weighted by atomic mass is 10.1. The number of carbonyl (C=O) groups excluding carboxylic acids is 2. The number of allylic oxidation sites excluding steroid dienone is 4. The van der Waals surface area contributed by atoms with Gasteiger partial charge in [-0.2, -0.15) is 0 Å². The topological polar surface area (TPSA) is 34.1 Å². The Balaban J connectivity index is 3.05. The molecular weight excluding hydrogens is 243 g/mol. The van der Waals surface area contributed by atoms with Gasteiger partial charge in [-0.1, -0.05) is 0 Å². The number of ketones is 2. The molecule has 1 aliphatic carbocycles. The molecule has 52 valence electrons. The van der Waals surface area contributed by atoms with E-state index in [1.54, 1.807) is 6.92 Å². The van der Waals surface area contributed by atoms with Crippen LogP contribution in [0.25, 0.3) is 0 Å². The van der Waals surface area contributed by atoms with Crippen molar-refractivity contribution in [2.75, 3.05) is 0 Å². The van der Waals surface area contributed by atoms with Crippen LogP contribution in [0, 0.1) is 0 Å². The summed E-state index contributed by atoms with van der Waals surface area (Å²) in [6.07, 6.45) is 2.69. The van der Waals surface area contributed by atoms with Crippen LogP contribution in [0.3, 0.4) is 0 Å². The molecule has 0 aromatic rings. The molecule has 0 spiro atoms. The van der Waals surface area contributed by atoms with E-state index in [4.69, 9.17) is 0 Å². The van der Waals surface area contributed by atoms with Crippen LogP contribution in [-0.4, -0.2) is 11.6 Å². The standard InChI is InChI=1S/C7H5IO2/c1-4-2-5(9)3-6(8)7(4)10/h2-3H,1H3. The lowest BCUT2D eigenvalue weighted by molar-refractivity contribution is -0.114. The van der Waals surface area contributed by atoms with Gasteiger partial charge in [-0.3, -0.25) is 9.59 Å². The molecule has 0 heterocycles. The van der Waals surface area contributed by atoms with Crippen LogP contribution in [0.15, 0.2) is 21.3 Å². The normalized spacial score (nSPS) is 18.6. The third kappa shape index (κ3) is 1.34. The zero-order valence-corrected chi connectivity index (χ0v) is 7.51. The van der Waals surface area contributed by atoms with E-state index in [2.05, 4.69) is 0 Å². The first-order valence-corrected chi connectivity index (χ1v) is 3.83. The summed E-state index contributed by atoms with van der Waals surface area (Å²) in [5.41, 5.74) is 0.525. The van der Waals surface area contributed by atoms with Crippen LogP contribution in [0.2, 0.25) is 0 Å². The highest BCUT2D eigenvalue weighted by Crippen LogP contribution is 2.17. The number of hydrogen-bond donors (Lipinski definition) is 0. The van der Waals surface area contributed by atoms with Crippen molar-refractivity contribution < 1.29 is 9.59 Å². The second kappa shape index (κ2) is 2.65. The zero-order chi connectivity index (χ0) is 7.72. The van der Waals surface area contributed by atoms with Gasteiger partial charge in [0, 0.05) is 11.6 Å². The van der Waals surface area contributed by atoms with Crippen molar-refractivity contribution in [2.45, 2.75) is 6.92 Å². The highest BCUT2D eigenvalue weighted by atomic mass is 127. The Morgan fingerprint density at radius 2 is 1.90 bits per heavy atom. The molecule has 3 heteroatoms. The van der Waals surface area contributed by atoms with Gasteiger partial charge in [0.2, 0.25) is 0 Å². The zero-order valence-electron chi connectivity index (χ0n) is 5.35. The molecule has 10 heavy (non-hydrogen) atoms. The van der Waals surface area contributed by atoms with Crippen LogP contribution in [0.1, 0.15) is 6.92 Å². The van der Waals surface area contributed by atoms with E-state index in [0.717, 1.165) is 0 Å². The minimum absolute atomic E-state index is 0.0415. The number of Topliss-reactive ketones (excluding diaryl/α,β-unsaturated/α-hetero) is 1. The van der Waals surface area contributed by atoms with Crippen molar-refractivity contribution in [3.63, 3.8) is 0 Å². The first-order chi connectivity index (χ1) is 4.61. The second-order valence-electron chi connectivity index (χ2n) is 2.05. The van der Waals surface area contributed by atoms with Gasteiger partial charge in [-0.15, -0.1) is 0 Å². The van der Waals surface area contributed by atoms with Crippen LogP contribution in [0.4, 0.5) is 0 Å². The molecule has 0 saturated heterocycles. The number of halogens is 1. The van der Waals surface area contributed by atoms with Crippen molar-refractivity contribution in [3.05, 3.63) is 21.3 Å². The van der Waals surface area contributed by atoms with Crippen molar-refractivity contribution in [2.24, 2.45) is 0 Å². The molecule has 0 aromatic carbocycles. The summed E-state index contributed by atoms with van der Waals surface area (Å²) in [5, 5.41) is 0. The summed E-state index contributed by atoms with van der Waals surface area (Å²) >= 11 is 1.86. The van der Waals surface area contributed by atoms with Gasteiger partial charge < -0.3 is 0 Å². The summed E-state index contributed by atoms with van der Waals surface area (Å²) in [6, 6.07) is 0. The molecule has 0 unspecified atom stereocenters. The number of rotatable bonds is 0. The molecule has 0 atom stereocenters. The predicted molar refractivity (Wildman–Crippen MR) is 45.9 cm³/mol. The lowest BCUT2D eigenvalue weighted by Gasteiger charge is -2.02. The van der Waals surface area contributed by atoms with Crippen LogP contribution < -0.4 is 0 Å². The van der Waals surface area contributed by atoms with Crippen molar-refractivity contribution in [1.29, 1.82) is 0 Å². The fourth-order valence-electron chi connectivity index (χ4n) is 0.699. The maximum Gasteiger partial charge on any atom is 0.195 e. The van der Waals surface area contributed by atoms with Gasteiger partial charge >= 0.3 is 0 Å². The summed E-state index contributed by atoms with van der Waals surface area (Å²) in [5.74, 6) is -0.137. The van der Waals surface area contributed by atoms with Gasteiger partial charge in [0.05, 0.1) is 3.58 Å². The van der Waals surface area contributed by atoms with Crippen molar-refractivity contribution in [1.82, 2.24) is 0 Å². The van der Waals surface area contributed by atoms with Crippen LogP contribution in [0.5, 0.6) is 0 Å². The Bertz CT molecular complexity index is 237. The van der Waals surface area contributed by atoms with E-state index in [1.807, 2.05) is 22.6 Å². The van der Waals surface area contributed by atoms with E-state index in [-0.39, 0.29) is 11.6 Å². The second-order valence-corrected chi connectivity index (χ2v) is 3.21. The Morgan fingerprint density at radius 1 is 1.30 bits per heavy atom. The SMILES string of the molecule is CC1=CC(=O)C=C(I)C1=O. The van der Waals surface area contributed by atoms with Gasteiger partial charge in [-0.25, -0.2) is 0 Å². The Labute approximate surface area is 72.1 Å². The fraction of sp³-hybridized carbons (Fsp3) is 0.143. The van der Waals surface area contributed by atoms with E-state index < -0.39 is 0 Å². The number of hydrogen-bond acceptors (Lipinski definition) is 2. The quantitative estimate of drug-likeness (QED) is 0.479. The molecule has 0 aliphatic heterocycles. The third-order valence-electron chi connectivity index (χ3n) is 1.20. The van der Waals surface area contributed by atoms with Gasteiger partial charge in [-0.05, 0) is 35.6 Å². The summed E-state index contributed by atoms with van der Waals surface area (Å²) in [4.78, 5) is 21.7. The smallest absolute Gasteiger partial charge is 0.195 e. The molecule has 0 fully saturated rings. The molecule has 2 nitrogen and oxygen atoms in total. The first-order valence-electron chi connectivity index (χ1n) is 2.75. The van der Waals surface area contributed by atoms with Crippen LogP contribution >= 0.6 is 22.6 Å². The van der Waals surface area contributed by atoms with Crippen molar-refractivity contribution in [3.8, 4) is 0 Å². The fourth-order valence-corrected chi connectivity index (χ4v) is 1.43. The van der Waals surface area contributed by atoms with E-state index >= 15 is 0 Å². The minimum atomic E-state index is -0.0958. The number of carbonyl (C=O) groups is 2. The Morgan fingerprint density at radius 3 is 2.40 bits per heavy atom. The van der Waals surface area contributed by atoms with Gasteiger partial charge in [0.25, 0.3) is 0 Å². The Kier molecular flexibility index (Phi) is 2.03. The molecule has 1 rings (SSSR count).